The topological polar surface area (TPSA) is 24.4 Å². The largest absolute Gasteiger partial charge is 0.366 e. The number of nitrogens with zero attached hydrogens (tertiary/aromatic N) is 1. The van der Waals surface area contributed by atoms with Gasteiger partial charge in [0.2, 0.25) is 0 Å². The van der Waals surface area contributed by atoms with E-state index in [1.165, 1.54) is 63.6 Å². The van der Waals surface area contributed by atoms with Crippen LogP contribution in [0.1, 0.15) is 113 Å². The van der Waals surface area contributed by atoms with Crippen molar-refractivity contribution in [3.63, 3.8) is 0 Å². The Labute approximate surface area is 152 Å². The number of hydrogen-bond donors (Lipinski definition) is 1. The summed E-state index contributed by atoms with van der Waals surface area (Å²) in [5, 5.41) is 3.81. The van der Waals surface area contributed by atoms with Gasteiger partial charge in [0.1, 0.15) is 0 Å². The summed E-state index contributed by atoms with van der Waals surface area (Å²) in [6.45, 7) is 16.3. The Balaban J connectivity index is 2.30. The Morgan fingerprint density at radius 1 is 0.958 bits per heavy atom. The number of hydrogen-bond acceptors (Lipinski definition) is 2. The van der Waals surface area contributed by atoms with Crippen molar-refractivity contribution in [2.24, 2.45) is 16.3 Å². The first-order valence-corrected chi connectivity index (χ1v) is 10.6. The van der Waals surface area contributed by atoms with Crippen molar-refractivity contribution >= 4 is 5.84 Å². The monoisotopic (exact) mass is 336 g/mol. The third kappa shape index (κ3) is 6.08. The molecule has 0 fully saturated rings. The van der Waals surface area contributed by atoms with Gasteiger partial charge in [-0.15, -0.1) is 0 Å². The summed E-state index contributed by atoms with van der Waals surface area (Å²) >= 11 is 0. The SMILES string of the molecule is CCCCCCCCCCCC1=NC(C(C)C)C(C)(C(C)(C)C)N1. The normalized spacial score (nSPS) is 24.3. The molecule has 1 aliphatic rings. The number of unbranched alkanes of at least 4 members (excludes halogenated alkanes) is 8. The van der Waals surface area contributed by atoms with Crippen LogP contribution in [-0.4, -0.2) is 17.4 Å². The average molecular weight is 337 g/mol. The van der Waals surface area contributed by atoms with Crippen LogP contribution < -0.4 is 5.32 Å². The lowest BCUT2D eigenvalue weighted by atomic mass is 9.68. The fourth-order valence-corrected chi connectivity index (χ4v) is 3.88. The van der Waals surface area contributed by atoms with Crippen LogP contribution in [0.5, 0.6) is 0 Å². The molecular weight excluding hydrogens is 292 g/mol. The number of rotatable bonds is 11. The zero-order valence-corrected chi connectivity index (χ0v) is 17.7. The summed E-state index contributed by atoms with van der Waals surface area (Å²) in [6.07, 6.45) is 13.6. The van der Waals surface area contributed by atoms with Crippen LogP contribution in [0, 0.1) is 11.3 Å². The van der Waals surface area contributed by atoms with Gasteiger partial charge in [0.15, 0.2) is 0 Å². The minimum absolute atomic E-state index is 0.0791. The smallest absolute Gasteiger partial charge is 0.0972 e. The van der Waals surface area contributed by atoms with Crippen LogP contribution in [0.2, 0.25) is 0 Å². The molecule has 0 aromatic heterocycles. The molecule has 0 aliphatic carbocycles. The minimum Gasteiger partial charge on any atom is -0.366 e. The number of amidine groups is 1. The molecule has 2 atom stereocenters. The lowest BCUT2D eigenvalue weighted by molar-refractivity contribution is 0.140. The summed E-state index contributed by atoms with van der Waals surface area (Å²) in [7, 11) is 0. The maximum absolute atomic E-state index is 5.08. The molecule has 1 aliphatic heterocycles. The lowest BCUT2D eigenvalue weighted by Gasteiger charge is -2.44. The van der Waals surface area contributed by atoms with Crippen LogP contribution in [0.15, 0.2) is 4.99 Å². The molecule has 1 rings (SSSR count). The van der Waals surface area contributed by atoms with Crippen molar-refractivity contribution in [2.75, 3.05) is 0 Å². The van der Waals surface area contributed by atoms with Crippen LogP contribution in [0.4, 0.5) is 0 Å². The summed E-state index contributed by atoms with van der Waals surface area (Å²) in [6, 6.07) is 0.395. The van der Waals surface area contributed by atoms with Gasteiger partial charge < -0.3 is 5.32 Å². The Morgan fingerprint density at radius 3 is 1.88 bits per heavy atom. The van der Waals surface area contributed by atoms with E-state index in [2.05, 4.69) is 53.8 Å². The molecule has 0 aromatic carbocycles. The van der Waals surface area contributed by atoms with E-state index in [1.54, 1.807) is 0 Å². The van der Waals surface area contributed by atoms with E-state index < -0.39 is 0 Å². The van der Waals surface area contributed by atoms with E-state index in [0.717, 1.165) is 6.42 Å². The summed E-state index contributed by atoms with van der Waals surface area (Å²) in [5.41, 5.74) is 0.293. The van der Waals surface area contributed by atoms with Crippen molar-refractivity contribution in [1.82, 2.24) is 5.32 Å². The first kappa shape index (κ1) is 21.5. The fourth-order valence-electron chi connectivity index (χ4n) is 3.88. The molecule has 0 saturated carbocycles. The zero-order chi connectivity index (χ0) is 18.2. The van der Waals surface area contributed by atoms with E-state index in [9.17, 15) is 0 Å². The molecule has 0 radical (unpaired) electrons. The van der Waals surface area contributed by atoms with Gasteiger partial charge in [0, 0.05) is 6.42 Å². The molecule has 0 saturated heterocycles. The van der Waals surface area contributed by atoms with Crippen molar-refractivity contribution in [3.8, 4) is 0 Å². The van der Waals surface area contributed by atoms with E-state index in [4.69, 9.17) is 4.99 Å². The highest BCUT2D eigenvalue weighted by Crippen LogP contribution is 2.40. The van der Waals surface area contributed by atoms with Crippen LogP contribution in [-0.2, 0) is 0 Å². The lowest BCUT2D eigenvalue weighted by Crippen LogP contribution is -2.58. The maximum atomic E-state index is 5.08. The molecule has 0 bridgehead atoms. The highest BCUT2D eigenvalue weighted by atomic mass is 15.2. The van der Waals surface area contributed by atoms with Gasteiger partial charge in [-0.05, 0) is 24.7 Å². The van der Waals surface area contributed by atoms with Crippen LogP contribution >= 0.6 is 0 Å². The van der Waals surface area contributed by atoms with Gasteiger partial charge in [-0.1, -0.05) is 92.9 Å². The molecule has 1 N–H and O–H groups in total. The van der Waals surface area contributed by atoms with Crippen molar-refractivity contribution in [3.05, 3.63) is 0 Å². The molecule has 2 nitrogen and oxygen atoms in total. The average Bonchev–Trinajstić information content (AvgIpc) is 2.84. The summed E-state index contributed by atoms with van der Waals surface area (Å²) in [4.78, 5) is 5.08. The predicted molar refractivity (Wildman–Crippen MR) is 109 cm³/mol. The standard InChI is InChI=1S/C22H44N2/c1-8-9-10-11-12-13-14-15-16-17-19-23-20(18(2)3)22(7,24-19)21(4,5)6/h18,20H,8-17H2,1-7H3,(H,23,24). The third-order valence-electron chi connectivity index (χ3n) is 6.00. The van der Waals surface area contributed by atoms with Gasteiger partial charge >= 0.3 is 0 Å². The number of nitrogens with one attached hydrogen (secondary N) is 1. The number of aliphatic imine (C=N–C) groups is 1. The van der Waals surface area contributed by atoms with Gasteiger partial charge in [-0.25, -0.2) is 0 Å². The van der Waals surface area contributed by atoms with Gasteiger partial charge in [-0.2, -0.15) is 0 Å². The first-order valence-electron chi connectivity index (χ1n) is 10.6. The molecule has 2 unspecified atom stereocenters. The summed E-state index contributed by atoms with van der Waals surface area (Å²) < 4.78 is 0. The Kier molecular flexibility index (Phi) is 8.81. The summed E-state index contributed by atoms with van der Waals surface area (Å²) in [5.74, 6) is 1.84. The van der Waals surface area contributed by atoms with Crippen molar-refractivity contribution in [1.29, 1.82) is 0 Å². The highest BCUT2D eigenvalue weighted by molar-refractivity contribution is 5.85. The van der Waals surface area contributed by atoms with E-state index in [-0.39, 0.29) is 11.0 Å². The van der Waals surface area contributed by atoms with Crippen LogP contribution in [0.3, 0.4) is 0 Å². The molecule has 0 spiro atoms. The molecule has 1 heterocycles. The van der Waals surface area contributed by atoms with Gasteiger partial charge in [-0.3, -0.25) is 4.99 Å². The van der Waals surface area contributed by atoms with E-state index >= 15 is 0 Å². The quantitative estimate of drug-likeness (QED) is 0.415. The molecule has 142 valence electrons. The molecule has 0 amide bonds. The molecule has 2 heteroatoms. The Bertz CT molecular complexity index is 378. The molecule has 24 heavy (non-hydrogen) atoms. The zero-order valence-electron chi connectivity index (χ0n) is 17.7. The van der Waals surface area contributed by atoms with E-state index in [0.29, 0.717) is 12.0 Å². The van der Waals surface area contributed by atoms with Crippen molar-refractivity contribution in [2.45, 2.75) is 124 Å². The fraction of sp³-hybridized carbons (Fsp3) is 0.955. The van der Waals surface area contributed by atoms with Gasteiger partial charge in [0.25, 0.3) is 0 Å². The van der Waals surface area contributed by atoms with E-state index in [1.807, 2.05) is 0 Å². The van der Waals surface area contributed by atoms with Crippen LogP contribution in [0.25, 0.3) is 0 Å². The highest BCUT2D eigenvalue weighted by Gasteiger charge is 2.49. The molecular formula is C22H44N2. The Morgan fingerprint density at radius 2 is 1.46 bits per heavy atom. The second-order valence-corrected chi connectivity index (χ2v) is 9.42. The second kappa shape index (κ2) is 9.82. The van der Waals surface area contributed by atoms with Crippen molar-refractivity contribution < 1.29 is 0 Å². The minimum atomic E-state index is 0.0791. The maximum Gasteiger partial charge on any atom is 0.0972 e. The molecule has 0 aromatic rings. The first-order chi connectivity index (χ1) is 11.2. The predicted octanol–water partition coefficient (Wildman–Crippen LogP) is 6.74. The second-order valence-electron chi connectivity index (χ2n) is 9.42. The third-order valence-corrected chi connectivity index (χ3v) is 6.00. The van der Waals surface area contributed by atoms with Gasteiger partial charge in [0.05, 0.1) is 17.4 Å². The Hall–Kier alpha value is -0.530.